The third kappa shape index (κ3) is 3.68. The van der Waals surface area contributed by atoms with Gasteiger partial charge in [0.05, 0.1) is 5.56 Å². The lowest BCUT2D eigenvalue weighted by Crippen LogP contribution is -2.31. The topological polar surface area (TPSA) is 74.8 Å². The molecule has 1 aliphatic heterocycles. The van der Waals surface area contributed by atoms with Crippen LogP contribution in [0.25, 0.3) is 0 Å². The van der Waals surface area contributed by atoms with Crippen molar-refractivity contribution in [3.8, 4) is 0 Å². The molecule has 3 aromatic rings. The molecule has 142 valence electrons. The molecule has 1 atom stereocenters. The van der Waals surface area contributed by atoms with Gasteiger partial charge in [0.15, 0.2) is 5.16 Å². The van der Waals surface area contributed by atoms with E-state index in [0.29, 0.717) is 10.9 Å². The van der Waals surface area contributed by atoms with Crippen LogP contribution in [0.15, 0.2) is 58.5 Å². The second-order valence-electron chi connectivity index (χ2n) is 6.38. The third-order valence-corrected chi connectivity index (χ3v) is 5.42. The Morgan fingerprint density at radius 2 is 1.93 bits per heavy atom. The molecule has 0 aliphatic carbocycles. The minimum absolute atomic E-state index is 0.0333. The number of aromatic nitrogens is 2. The number of carbonyl (C=O) groups is 1. The number of fused-ring (bicyclic) bond motifs is 1. The molecule has 1 aliphatic rings. The molecule has 0 fully saturated rings. The molecule has 28 heavy (non-hydrogen) atoms. The average Bonchev–Trinajstić information content (AvgIpc) is 2.66. The average molecular weight is 399 g/mol. The smallest absolute Gasteiger partial charge is 0.257 e. The molecule has 2 heterocycles. The van der Waals surface area contributed by atoms with Crippen molar-refractivity contribution in [2.75, 3.05) is 5.32 Å². The van der Waals surface area contributed by atoms with Gasteiger partial charge in [0.1, 0.15) is 17.5 Å². The van der Waals surface area contributed by atoms with E-state index in [1.807, 2.05) is 0 Å². The van der Waals surface area contributed by atoms with Gasteiger partial charge in [0.25, 0.3) is 5.56 Å². The maximum absolute atomic E-state index is 14.2. The van der Waals surface area contributed by atoms with Gasteiger partial charge >= 0.3 is 0 Å². The van der Waals surface area contributed by atoms with Gasteiger partial charge in [0.2, 0.25) is 5.91 Å². The minimum atomic E-state index is -0.705. The monoisotopic (exact) mass is 399 g/mol. The first kappa shape index (κ1) is 18.4. The zero-order valence-electron chi connectivity index (χ0n) is 14.5. The van der Waals surface area contributed by atoms with Crippen molar-refractivity contribution in [2.45, 2.75) is 23.2 Å². The molecular formula is C20H15F2N3O2S. The number of amides is 1. The molecule has 0 saturated heterocycles. The molecule has 4 rings (SSSR count). The molecule has 8 heteroatoms. The summed E-state index contributed by atoms with van der Waals surface area (Å²) in [4.78, 5) is 31.8. The summed E-state index contributed by atoms with van der Waals surface area (Å²) in [7, 11) is 0. The van der Waals surface area contributed by atoms with E-state index in [4.69, 9.17) is 0 Å². The van der Waals surface area contributed by atoms with Gasteiger partial charge in [0, 0.05) is 18.1 Å². The van der Waals surface area contributed by atoms with Gasteiger partial charge in [-0.3, -0.25) is 9.59 Å². The molecular weight excluding hydrogens is 384 g/mol. The van der Waals surface area contributed by atoms with Crippen molar-refractivity contribution < 1.29 is 13.6 Å². The van der Waals surface area contributed by atoms with Crippen LogP contribution in [0.2, 0.25) is 0 Å². The number of thioether (sulfide) groups is 1. The van der Waals surface area contributed by atoms with Gasteiger partial charge in [-0.2, -0.15) is 0 Å². The van der Waals surface area contributed by atoms with Crippen LogP contribution < -0.4 is 10.9 Å². The summed E-state index contributed by atoms with van der Waals surface area (Å²) in [5.74, 6) is -1.33. The van der Waals surface area contributed by atoms with Crippen molar-refractivity contribution in [2.24, 2.45) is 0 Å². The first-order valence-electron chi connectivity index (χ1n) is 8.57. The molecule has 0 radical (unpaired) electrons. The van der Waals surface area contributed by atoms with Gasteiger partial charge in [-0.05, 0) is 29.3 Å². The molecule has 2 N–H and O–H groups in total. The zero-order valence-corrected chi connectivity index (χ0v) is 15.4. The van der Waals surface area contributed by atoms with Crippen LogP contribution in [0.4, 0.5) is 14.6 Å². The van der Waals surface area contributed by atoms with Gasteiger partial charge in [-0.25, -0.2) is 13.8 Å². The Morgan fingerprint density at radius 1 is 1.11 bits per heavy atom. The number of nitrogens with zero attached hydrogens (tertiary/aromatic N) is 1. The van der Waals surface area contributed by atoms with Gasteiger partial charge in [-0.15, -0.1) is 0 Å². The van der Waals surface area contributed by atoms with Crippen molar-refractivity contribution in [3.05, 3.63) is 87.2 Å². The van der Waals surface area contributed by atoms with Crippen molar-refractivity contribution >= 4 is 23.5 Å². The van der Waals surface area contributed by atoms with E-state index in [-0.39, 0.29) is 35.1 Å². The molecule has 0 saturated carbocycles. The molecule has 1 aromatic heterocycles. The van der Waals surface area contributed by atoms with Crippen LogP contribution in [0.3, 0.4) is 0 Å². The second kappa shape index (κ2) is 7.55. The highest BCUT2D eigenvalue weighted by Gasteiger charge is 2.32. The number of anilines is 1. The third-order valence-electron chi connectivity index (χ3n) is 4.47. The Balaban J connectivity index is 1.67. The first-order valence-corrected chi connectivity index (χ1v) is 9.55. The van der Waals surface area contributed by atoms with Crippen molar-refractivity contribution in [3.63, 3.8) is 0 Å². The largest absolute Gasteiger partial charge is 0.310 e. The van der Waals surface area contributed by atoms with Crippen LogP contribution in [0.5, 0.6) is 0 Å². The number of H-pyrrole nitrogens is 1. The number of carbonyl (C=O) groups excluding carboxylic acids is 1. The minimum Gasteiger partial charge on any atom is -0.310 e. The summed E-state index contributed by atoms with van der Waals surface area (Å²) >= 11 is 1.21. The molecule has 2 aromatic carbocycles. The number of aromatic amines is 1. The standard InChI is InChI=1S/C20H15F2N3O2S/c21-12-5-3-4-11(8-12)10-28-20-24-18-17(19(27)25-20)14(9-16(26)23-18)13-6-1-2-7-15(13)22/h1-8,14H,9-10H2,(H2,23,24,25,26,27). The summed E-state index contributed by atoms with van der Waals surface area (Å²) in [5, 5.41) is 2.90. The van der Waals surface area contributed by atoms with Crippen LogP contribution in [0.1, 0.15) is 29.0 Å². The Morgan fingerprint density at radius 3 is 2.71 bits per heavy atom. The molecule has 1 unspecified atom stereocenters. The maximum atomic E-state index is 14.2. The highest BCUT2D eigenvalue weighted by molar-refractivity contribution is 7.98. The van der Waals surface area contributed by atoms with E-state index < -0.39 is 17.3 Å². The second-order valence-corrected chi connectivity index (χ2v) is 7.34. The fraction of sp³-hybridized carbons (Fsp3) is 0.150. The van der Waals surface area contributed by atoms with Crippen LogP contribution in [-0.4, -0.2) is 15.9 Å². The Kier molecular flexibility index (Phi) is 4.95. The summed E-state index contributed by atoms with van der Waals surface area (Å²) < 4.78 is 27.5. The lowest BCUT2D eigenvalue weighted by Gasteiger charge is -2.24. The van der Waals surface area contributed by atoms with Crippen molar-refractivity contribution in [1.82, 2.24) is 9.97 Å². The highest BCUT2D eigenvalue weighted by atomic mass is 32.2. The SMILES string of the molecule is O=C1CC(c2ccccc2F)c2c(nc(SCc3cccc(F)c3)[nH]c2=O)N1. The van der Waals surface area contributed by atoms with E-state index >= 15 is 0 Å². The van der Waals surface area contributed by atoms with E-state index in [9.17, 15) is 18.4 Å². The van der Waals surface area contributed by atoms with Crippen LogP contribution in [0, 0.1) is 11.6 Å². The number of benzene rings is 2. The predicted octanol–water partition coefficient (Wildman–Crippen LogP) is 3.81. The lowest BCUT2D eigenvalue weighted by molar-refractivity contribution is -0.116. The van der Waals surface area contributed by atoms with E-state index in [1.165, 1.54) is 30.0 Å². The van der Waals surface area contributed by atoms with E-state index in [0.717, 1.165) is 5.56 Å². The molecule has 0 spiro atoms. The summed E-state index contributed by atoms with van der Waals surface area (Å²) in [5.41, 5.74) is 0.824. The summed E-state index contributed by atoms with van der Waals surface area (Å²) in [6.07, 6.45) is -0.0333. The quantitative estimate of drug-likeness (QED) is 0.517. The number of rotatable bonds is 4. The van der Waals surface area contributed by atoms with E-state index in [1.54, 1.807) is 30.3 Å². The predicted molar refractivity (Wildman–Crippen MR) is 102 cm³/mol. The van der Waals surface area contributed by atoms with E-state index in [2.05, 4.69) is 15.3 Å². The lowest BCUT2D eigenvalue weighted by atomic mass is 9.86. The Labute approximate surface area is 163 Å². The van der Waals surface area contributed by atoms with Crippen molar-refractivity contribution in [1.29, 1.82) is 0 Å². The van der Waals surface area contributed by atoms with Gasteiger partial charge < -0.3 is 10.3 Å². The number of nitrogens with one attached hydrogen (secondary N) is 2. The fourth-order valence-electron chi connectivity index (χ4n) is 3.22. The Bertz CT molecular complexity index is 1120. The van der Waals surface area contributed by atoms with Crippen LogP contribution in [-0.2, 0) is 10.5 Å². The highest BCUT2D eigenvalue weighted by Crippen LogP contribution is 2.35. The van der Waals surface area contributed by atoms with Crippen LogP contribution >= 0.6 is 11.8 Å². The number of hydrogen-bond acceptors (Lipinski definition) is 4. The molecule has 1 amide bonds. The maximum Gasteiger partial charge on any atom is 0.257 e. The number of halogens is 2. The normalized spacial score (nSPS) is 15.8. The fourth-order valence-corrected chi connectivity index (χ4v) is 4.02. The molecule has 5 nitrogen and oxygen atoms in total. The first-order chi connectivity index (χ1) is 13.5. The number of hydrogen-bond donors (Lipinski definition) is 2. The van der Waals surface area contributed by atoms with Gasteiger partial charge in [-0.1, -0.05) is 42.1 Å². The summed E-state index contributed by atoms with van der Waals surface area (Å²) in [6.45, 7) is 0. The zero-order chi connectivity index (χ0) is 19.7. The molecule has 0 bridgehead atoms. The Hall–Kier alpha value is -3.00. The summed E-state index contributed by atoms with van der Waals surface area (Å²) in [6, 6.07) is 12.2.